The highest BCUT2D eigenvalue weighted by atomic mass is 32.2. The van der Waals surface area contributed by atoms with Gasteiger partial charge >= 0.3 is 12.1 Å². The number of benzene rings is 2. The second-order valence-electron chi connectivity index (χ2n) is 14.4. The Hall–Kier alpha value is -3.53. The summed E-state index contributed by atoms with van der Waals surface area (Å²) in [4.78, 5) is 57.4. The molecule has 2 N–H and O–H groups in total. The van der Waals surface area contributed by atoms with E-state index in [1.54, 1.807) is 58.2 Å². The fourth-order valence-corrected chi connectivity index (χ4v) is 5.77. The van der Waals surface area contributed by atoms with Crippen LogP contribution in [0.1, 0.15) is 110 Å². The van der Waals surface area contributed by atoms with Crippen LogP contribution < -0.4 is 10.6 Å². The second kappa shape index (κ2) is 20.2. The first-order valence-corrected chi connectivity index (χ1v) is 18.9. The van der Waals surface area contributed by atoms with Gasteiger partial charge in [-0.1, -0.05) is 87.7 Å². The minimum atomic E-state index is -1.07. The molecule has 0 aliphatic heterocycles. The van der Waals surface area contributed by atoms with Crippen LogP contribution >= 0.6 is 11.8 Å². The zero-order valence-corrected chi connectivity index (χ0v) is 31.9. The van der Waals surface area contributed by atoms with Gasteiger partial charge < -0.3 is 25.0 Å². The Morgan fingerprint density at radius 1 is 0.776 bits per heavy atom. The third kappa shape index (κ3) is 15.3. The van der Waals surface area contributed by atoms with Gasteiger partial charge in [0.15, 0.2) is 0 Å². The molecular formula is C39H59N3O6S. The van der Waals surface area contributed by atoms with Crippen LogP contribution in [-0.4, -0.2) is 70.6 Å². The largest absolute Gasteiger partial charge is 0.458 e. The minimum absolute atomic E-state index is 0.212. The number of alkyl carbamates (subject to hydrolysis) is 1. The molecule has 0 heterocycles. The Morgan fingerprint density at radius 2 is 1.41 bits per heavy atom. The Bertz CT molecular complexity index is 1320. The van der Waals surface area contributed by atoms with E-state index in [1.807, 2.05) is 60.9 Å². The van der Waals surface area contributed by atoms with Crippen LogP contribution in [0, 0.1) is 0 Å². The van der Waals surface area contributed by atoms with E-state index < -0.39 is 47.3 Å². The first-order valence-electron chi connectivity index (χ1n) is 17.5. The van der Waals surface area contributed by atoms with Crippen molar-refractivity contribution in [2.24, 2.45) is 0 Å². The number of aryl methyl sites for hydroxylation is 1. The molecule has 0 saturated heterocycles. The highest BCUT2D eigenvalue weighted by Gasteiger charge is 2.38. The van der Waals surface area contributed by atoms with Crippen LogP contribution in [0.5, 0.6) is 0 Å². The lowest BCUT2D eigenvalue weighted by Crippen LogP contribution is -2.55. The normalized spacial score (nSPS) is 13.5. The summed E-state index contributed by atoms with van der Waals surface area (Å²) in [6.45, 7) is 15.1. The Kier molecular flexibility index (Phi) is 17.2. The molecule has 0 saturated carbocycles. The van der Waals surface area contributed by atoms with Crippen LogP contribution in [0.15, 0.2) is 54.6 Å². The number of hydrogen-bond acceptors (Lipinski definition) is 7. The maximum Gasteiger partial charge on any atom is 0.408 e. The first kappa shape index (κ1) is 41.6. The number of thioether (sulfide) groups is 1. The average Bonchev–Trinajstić information content (AvgIpc) is 3.02. The van der Waals surface area contributed by atoms with Crippen molar-refractivity contribution in [2.45, 2.75) is 130 Å². The maximum absolute atomic E-state index is 14.6. The lowest BCUT2D eigenvalue weighted by Gasteiger charge is -2.35. The molecule has 0 spiro atoms. The fourth-order valence-electron chi connectivity index (χ4n) is 5.29. The summed E-state index contributed by atoms with van der Waals surface area (Å²) in [6.07, 6.45) is 6.13. The molecule has 2 rings (SSSR count). The van der Waals surface area contributed by atoms with Crippen molar-refractivity contribution < 1.29 is 28.7 Å². The number of amides is 3. The summed E-state index contributed by atoms with van der Waals surface area (Å²) < 4.78 is 11.3. The number of hydrogen-bond donors (Lipinski definition) is 2. The zero-order chi connectivity index (χ0) is 36.6. The standard InChI is InChI=1S/C39H59N3O6S/c1-10-12-13-17-25-42(35(44)31(24-26-49-9)41-37(46)48-39(6,7)8)33(30-22-20-28(11-2)21-23-30)34(43)40-32(36(45)47-38(3,4)5)27-29-18-15-14-16-19-29/h14-16,18-23,31-33H,10-13,17,24-27H2,1-9H3,(H,40,43)(H,41,46). The predicted molar refractivity (Wildman–Crippen MR) is 198 cm³/mol. The average molecular weight is 698 g/mol. The number of carbonyl (C=O) groups is 4. The molecule has 3 amide bonds. The third-order valence-electron chi connectivity index (χ3n) is 7.69. The van der Waals surface area contributed by atoms with Crippen LogP contribution in [0.2, 0.25) is 0 Å². The van der Waals surface area contributed by atoms with E-state index in [4.69, 9.17) is 9.47 Å². The van der Waals surface area contributed by atoms with Gasteiger partial charge in [-0.2, -0.15) is 11.8 Å². The van der Waals surface area contributed by atoms with Gasteiger partial charge in [0.1, 0.15) is 29.3 Å². The monoisotopic (exact) mass is 697 g/mol. The van der Waals surface area contributed by atoms with Gasteiger partial charge in [0, 0.05) is 13.0 Å². The van der Waals surface area contributed by atoms with Crippen LogP contribution in [0.3, 0.4) is 0 Å². The molecule has 9 nitrogen and oxygen atoms in total. The number of unbranched alkanes of at least 4 members (excludes halogenated alkanes) is 3. The van der Waals surface area contributed by atoms with Crippen molar-refractivity contribution in [2.75, 3.05) is 18.6 Å². The van der Waals surface area contributed by atoms with Crippen molar-refractivity contribution >= 4 is 35.6 Å². The molecular weight excluding hydrogens is 639 g/mol. The van der Waals surface area contributed by atoms with E-state index >= 15 is 0 Å². The van der Waals surface area contributed by atoms with E-state index in [0.717, 1.165) is 36.8 Å². The summed E-state index contributed by atoms with van der Waals surface area (Å²) >= 11 is 1.56. The molecule has 3 atom stereocenters. The molecule has 0 radical (unpaired) electrons. The minimum Gasteiger partial charge on any atom is -0.458 e. The maximum atomic E-state index is 14.6. The Morgan fingerprint density at radius 3 is 1.96 bits per heavy atom. The van der Waals surface area contributed by atoms with Gasteiger partial charge in [0.25, 0.3) is 0 Å². The number of rotatable bonds is 18. The molecule has 272 valence electrons. The highest BCUT2D eigenvalue weighted by molar-refractivity contribution is 7.98. The number of esters is 1. The van der Waals surface area contributed by atoms with Crippen molar-refractivity contribution in [3.63, 3.8) is 0 Å². The molecule has 0 bridgehead atoms. The van der Waals surface area contributed by atoms with Gasteiger partial charge in [0.2, 0.25) is 11.8 Å². The summed E-state index contributed by atoms with van der Waals surface area (Å²) in [5.74, 6) is -0.834. The van der Waals surface area contributed by atoms with Crippen LogP contribution in [-0.2, 0) is 36.7 Å². The topological polar surface area (TPSA) is 114 Å². The van der Waals surface area contributed by atoms with Crippen molar-refractivity contribution in [3.8, 4) is 0 Å². The molecule has 0 aromatic heterocycles. The molecule has 0 aliphatic rings. The van der Waals surface area contributed by atoms with Crippen molar-refractivity contribution in [1.82, 2.24) is 15.5 Å². The summed E-state index contributed by atoms with van der Waals surface area (Å²) in [6, 6.07) is 14.1. The molecule has 49 heavy (non-hydrogen) atoms. The summed E-state index contributed by atoms with van der Waals surface area (Å²) in [5, 5.41) is 5.78. The fraction of sp³-hybridized carbons (Fsp3) is 0.590. The van der Waals surface area contributed by atoms with Crippen LogP contribution in [0.4, 0.5) is 4.79 Å². The van der Waals surface area contributed by atoms with E-state index in [0.29, 0.717) is 24.2 Å². The van der Waals surface area contributed by atoms with Gasteiger partial charge in [-0.3, -0.25) is 9.59 Å². The predicted octanol–water partition coefficient (Wildman–Crippen LogP) is 7.41. The number of carbonyl (C=O) groups excluding carboxylic acids is 4. The molecule has 0 aliphatic carbocycles. The van der Waals surface area contributed by atoms with E-state index in [1.165, 1.54) is 0 Å². The summed E-state index contributed by atoms with van der Waals surface area (Å²) in [7, 11) is 0. The zero-order valence-electron chi connectivity index (χ0n) is 31.1. The van der Waals surface area contributed by atoms with Crippen molar-refractivity contribution in [3.05, 3.63) is 71.3 Å². The third-order valence-corrected chi connectivity index (χ3v) is 8.33. The lowest BCUT2D eigenvalue weighted by atomic mass is 9.98. The summed E-state index contributed by atoms with van der Waals surface area (Å²) in [5.41, 5.74) is 1.03. The van der Waals surface area contributed by atoms with Crippen LogP contribution in [0.25, 0.3) is 0 Å². The van der Waals surface area contributed by atoms with Gasteiger partial charge in [-0.05, 0) is 89.5 Å². The molecule has 2 aromatic rings. The molecule has 0 fully saturated rings. The quantitative estimate of drug-likeness (QED) is 0.123. The lowest BCUT2D eigenvalue weighted by molar-refractivity contribution is -0.159. The highest BCUT2D eigenvalue weighted by Crippen LogP contribution is 2.26. The number of nitrogens with zero attached hydrogens (tertiary/aromatic N) is 1. The number of ether oxygens (including phenoxy) is 2. The van der Waals surface area contributed by atoms with Gasteiger partial charge in [0.05, 0.1) is 0 Å². The number of nitrogens with one attached hydrogen (secondary N) is 2. The van der Waals surface area contributed by atoms with Gasteiger partial charge in [-0.15, -0.1) is 0 Å². The van der Waals surface area contributed by atoms with E-state index in [-0.39, 0.29) is 18.9 Å². The Balaban J connectivity index is 2.64. The molecule has 3 unspecified atom stereocenters. The van der Waals surface area contributed by atoms with Gasteiger partial charge in [-0.25, -0.2) is 9.59 Å². The van der Waals surface area contributed by atoms with E-state index in [9.17, 15) is 19.2 Å². The van der Waals surface area contributed by atoms with Crippen molar-refractivity contribution in [1.29, 1.82) is 0 Å². The molecule has 10 heteroatoms. The smallest absolute Gasteiger partial charge is 0.408 e. The van der Waals surface area contributed by atoms with E-state index in [2.05, 4.69) is 24.5 Å². The molecule has 2 aromatic carbocycles. The Labute approximate surface area is 298 Å². The SMILES string of the molecule is CCCCCCN(C(=O)C(CCSC)NC(=O)OC(C)(C)C)C(C(=O)NC(Cc1ccccc1)C(=O)OC(C)(C)C)c1ccc(CC)cc1. The first-order chi connectivity index (χ1) is 23.1. The second-order valence-corrected chi connectivity index (χ2v) is 15.3.